The van der Waals surface area contributed by atoms with Crippen molar-refractivity contribution in [2.75, 3.05) is 6.61 Å². The fraction of sp³-hybridized carbons (Fsp3) is 0.259. The summed E-state index contributed by atoms with van der Waals surface area (Å²) in [4.78, 5) is 25.2. The van der Waals surface area contributed by atoms with E-state index in [1.165, 1.54) is 0 Å². The number of aryl methyl sites for hydroxylation is 1. The molecule has 0 saturated heterocycles. The Morgan fingerprint density at radius 3 is 2.57 bits per heavy atom. The highest BCUT2D eigenvalue weighted by Gasteiger charge is 2.19. The minimum Gasteiger partial charge on any atom is -0.493 e. The molecule has 4 rings (SSSR count). The Bertz CT molecular complexity index is 1270. The van der Waals surface area contributed by atoms with Gasteiger partial charge in [0.25, 0.3) is 0 Å². The number of hydrogen-bond donors (Lipinski definition) is 1. The molecule has 2 aromatic carbocycles. The van der Waals surface area contributed by atoms with Crippen molar-refractivity contribution in [2.24, 2.45) is 5.73 Å². The lowest BCUT2D eigenvalue weighted by Gasteiger charge is -2.15. The molecule has 8 nitrogen and oxygen atoms in total. The van der Waals surface area contributed by atoms with Crippen molar-refractivity contribution in [1.82, 2.24) is 15.0 Å². The summed E-state index contributed by atoms with van der Waals surface area (Å²) in [6, 6.07) is 14.1. The van der Waals surface area contributed by atoms with Gasteiger partial charge in [-0.2, -0.15) is 0 Å². The molecule has 0 amide bonds. The quantitative estimate of drug-likeness (QED) is 0.349. The fourth-order valence-corrected chi connectivity index (χ4v) is 3.52. The smallest absolute Gasteiger partial charge is 0.327 e. The molecule has 0 aliphatic carbocycles. The van der Waals surface area contributed by atoms with Crippen molar-refractivity contribution in [2.45, 2.75) is 39.3 Å². The van der Waals surface area contributed by atoms with E-state index in [-0.39, 0.29) is 6.10 Å². The number of nitrogens with zero attached hydrogens (tertiary/aromatic N) is 3. The number of carbonyl (C=O) groups excluding carboxylic acids is 1. The number of carbonyl (C=O) groups is 1. The van der Waals surface area contributed by atoms with E-state index in [4.69, 9.17) is 19.6 Å². The van der Waals surface area contributed by atoms with Crippen molar-refractivity contribution in [3.05, 3.63) is 84.1 Å². The summed E-state index contributed by atoms with van der Waals surface area (Å²) < 4.78 is 17.0. The van der Waals surface area contributed by atoms with Gasteiger partial charge in [0.1, 0.15) is 17.6 Å². The van der Waals surface area contributed by atoms with Gasteiger partial charge in [0.2, 0.25) is 5.89 Å². The summed E-state index contributed by atoms with van der Waals surface area (Å²) in [6.45, 7) is 5.86. The van der Waals surface area contributed by atoms with Gasteiger partial charge in [0.15, 0.2) is 0 Å². The number of esters is 1. The molecule has 1 unspecified atom stereocenters. The first kappa shape index (κ1) is 24.1. The van der Waals surface area contributed by atoms with Crippen LogP contribution in [0.4, 0.5) is 0 Å². The van der Waals surface area contributed by atoms with Crippen LogP contribution >= 0.6 is 0 Å². The van der Waals surface area contributed by atoms with Crippen LogP contribution in [0.1, 0.15) is 36.9 Å². The number of nitrogens with two attached hydrogens (primary N) is 1. The Morgan fingerprint density at radius 1 is 1.09 bits per heavy atom. The topological polar surface area (TPSA) is 113 Å². The van der Waals surface area contributed by atoms with E-state index in [1.54, 1.807) is 50.6 Å². The maximum absolute atomic E-state index is 12.1. The van der Waals surface area contributed by atoms with Crippen LogP contribution in [0.5, 0.6) is 5.75 Å². The summed E-state index contributed by atoms with van der Waals surface area (Å²) >= 11 is 0. The van der Waals surface area contributed by atoms with E-state index in [1.807, 2.05) is 37.3 Å². The Balaban J connectivity index is 1.37. The van der Waals surface area contributed by atoms with Gasteiger partial charge in [-0.3, -0.25) is 9.97 Å². The van der Waals surface area contributed by atoms with Crippen LogP contribution in [-0.4, -0.2) is 33.6 Å². The van der Waals surface area contributed by atoms with E-state index in [0.717, 1.165) is 28.3 Å². The molecular formula is C27H28N4O4. The van der Waals surface area contributed by atoms with Gasteiger partial charge >= 0.3 is 5.97 Å². The van der Waals surface area contributed by atoms with E-state index in [9.17, 15) is 4.79 Å². The lowest BCUT2D eigenvalue weighted by molar-refractivity contribution is -0.149. The van der Waals surface area contributed by atoms with Gasteiger partial charge in [-0.1, -0.05) is 24.3 Å². The summed E-state index contributed by atoms with van der Waals surface area (Å²) in [5.41, 5.74) is 10.2. The second-order valence-corrected chi connectivity index (χ2v) is 8.32. The van der Waals surface area contributed by atoms with Crippen molar-refractivity contribution in [1.29, 1.82) is 0 Å². The van der Waals surface area contributed by atoms with Crippen molar-refractivity contribution >= 4 is 5.97 Å². The number of benzene rings is 2. The molecule has 4 aromatic rings. The highest BCUT2D eigenvalue weighted by atomic mass is 16.5. The number of hydrogen-bond acceptors (Lipinski definition) is 8. The molecule has 0 aliphatic heterocycles. The number of oxazole rings is 1. The van der Waals surface area contributed by atoms with Gasteiger partial charge in [0.05, 0.1) is 30.3 Å². The summed E-state index contributed by atoms with van der Waals surface area (Å²) in [7, 11) is 0. The predicted molar refractivity (Wildman–Crippen MR) is 131 cm³/mol. The molecule has 0 bridgehead atoms. The lowest BCUT2D eigenvalue weighted by atomic mass is 10.1. The standard InChI is InChI=1S/C27H28N4O4/c1-17(2)34-27(32)25(28)21-5-4-6-22(15-21)33-14-11-23-18(3)35-26(31-23)20-9-7-19(8-10-20)24-16-29-12-13-30-24/h4-10,12-13,15-17,25H,11,14,28H2,1-3H3. The van der Waals surface area contributed by atoms with Crippen molar-refractivity contribution in [3.63, 3.8) is 0 Å². The molecule has 2 N–H and O–H groups in total. The molecule has 0 radical (unpaired) electrons. The van der Waals surface area contributed by atoms with Crippen LogP contribution in [-0.2, 0) is 16.0 Å². The SMILES string of the molecule is Cc1oc(-c2ccc(-c3cnccn3)cc2)nc1CCOc1cccc(C(N)C(=O)OC(C)C)c1. The van der Waals surface area contributed by atoms with Gasteiger partial charge in [-0.25, -0.2) is 9.78 Å². The van der Waals surface area contributed by atoms with Gasteiger partial charge in [0, 0.05) is 29.9 Å². The molecule has 2 heterocycles. The highest BCUT2D eigenvalue weighted by Crippen LogP contribution is 2.25. The molecule has 2 aromatic heterocycles. The first-order chi connectivity index (χ1) is 16.9. The van der Waals surface area contributed by atoms with Gasteiger partial charge < -0.3 is 19.6 Å². The van der Waals surface area contributed by atoms with Crippen LogP contribution < -0.4 is 10.5 Å². The molecule has 180 valence electrons. The fourth-order valence-electron chi connectivity index (χ4n) is 3.52. The van der Waals surface area contributed by atoms with Crippen LogP contribution in [0.15, 0.2) is 71.5 Å². The molecule has 1 atom stereocenters. The third-order valence-electron chi connectivity index (χ3n) is 5.31. The zero-order valence-corrected chi connectivity index (χ0v) is 20.0. The summed E-state index contributed by atoms with van der Waals surface area (Å²) in [5, 5.41) is 0. The van der Waals surface area contributed by atoms with E-state index >= 15 is 0 Å². The lowest BCUT2D eigenvalue weighted by Crippen LogP contribution is -2.26. The third-order valence-corrected chi connectivity index (χ3v) is 5.31. The van der Waals surface area contributed by atoms with E-state index in [2.05, 4.69) is 15.0 Å². The number of rotatable bonds is 9. The molecule has 0 fully saturated rings. The average molecular weight is 473 g/mol. The second kappa shape index (κ2) is 10.9. The van der Waals surface area contributed by atoms with Crippen LogP contribution in [0.3, 0.4) is 0 Å². The maximum atomic E-state index is 12.1. The Kier molecular flexibility index (Phi) is 7.52. The third kappa shape index (κ3) is 6.10. The summed E-state index contributed by atoms with van der Waals surface area (Å²) in [6.07, 6.45) is 5.39. The van der Waals surface area contributed by atoms with E-state index < -0.39 is 12.0 Å². The maximum Gasteiger partial charge on any atom is 0.327 e. The Hall–Kier alpha value is -4.04. The normalized spacial score (nSPS) is 11.9. The first-order valence-electron chi connectivity index (χ1n) is 11.4. The molecular weight excluding hydrogens is 444 g/mol. The Labute approximate surface area is 204 Å². The molecule has 8 heteroatoms. The Morgan fingerprint density at radius 2 is 1.86 bits per heavy atom. The molecule has 0 aliphatic rings. The largest absolute Gasteiger partial charge is 0.493 e. The molecule has 0 saturated carbocycles. The van der Waals surface area contributed by atoms with Crippen LogP contribution in [0.2, 0.25) is 0 Å². The zero-order chi connectivity index (χ0) is 24.8. The summed E-state index contributed by atoms with van der Waals surface area (Å²) in [5.74, 6) is 1.46. The van der Waals surface area contributed by atoms with Gasteiger partial charge in [-0.15, -0.1) is 0 Å². The second-order valence-electron chi connectivity index (χ2n) is 8.32. The van der Waals surface area contributed by atoms with Gasteiger partial charge in [-0.05, 0) is 50.6 Å². The van der Waals surface area contributed by atoms with Crippen LogP contribution in [0, 0.1) is 6.92 Å². The monoisotopic (exact) mass is 472 g/mol. The molecule has 0 spiro atoms. The number of aromatic nitrogens is 3. The van der Waals surface area contributed by atoms with E-state index in [0.29, 0.717) is 30.2 Å². The minimum absolute atomic E-state index is 0.223. The minimum atomic E-state index is -0.860. The average Bonchev–Trinajstić information content (AvgIpc) is 3.24. The zero-order valence-electron chi connectivity index (χ0n) is 20.0. The highest BCUT2D eigenvalue weighted by molar-refractivity contribution is 5.77. The van der Waals surface area contributed by atoms with Crippen molar-refractivity contribution < 1.29 is 18.7 Å². The predicted octanol–water partition coefficient (Wildman–Crippen LogP) is 4.68. The molecule has 35 heavy (non-hydrogen) atoms. The van der Waals surface area contributed by atoms with Crippen LogP contribution in [0.25, 0.3) is 22.7 Å². The first-order valence-corrected chi connectivity index (χ1v) is 11.4. The van der Waals surface area contributed by atoms with Crippen molar-refractivity contribution in [3.8, 4) is 28.5 Å². The number of ether oxygens (including phenoxy) is 2.